The molecule has 0 aromatic heterocycles. The van der Waals surface area contributed by atoms with E-state index in [0.29, 0.717) is 0 Å². The van der Waals surface area contributed by atoms with Gasteiger partial charge in [-0.1, -0.05) is 6.07 Å². The fraction of sp³-hybridized carbons (Fsp3) is 0.133. The summed E-state index contributed by atoms with van der Waals surface area (Å²) in [4.78, 5) is 13.4. The van der Waals surface area contributed by atoms with Crippen LogP contribution in [0.1, 0.15) is 15.9 Å². The lowest BCUT2D eigenvalue weighted by molar-refractivity contribution is 0.0783. The molecule has 6 heteroatoms. The fourth-order valence-corrected chi connectivity index (χ4v) is 2.07. The highest BCUT2D eigenvalue weighted by Gasteiger charge is 2.15. The Morgan fingerprint density at radius 3 is 2.43 bits per heavy atom. The summed E-state index contributed by atoms with van der Waals surface area (Å²) in [6.45, 7) is -0.0391. The number of halogens is 4. The quantitative estimate of drug-likeness (QED) is 0.808. The largest absolute Gasteiger partial charge is 0.337 e. The van der Waals surface area contributed by atoms with Crippen molar-refractivity contribution in [1.29, 1.82) is 0 Å². The molecule has 0 radical (unpaired) electrons. The Morgan fingerprint density at radius 1 is 1.10 bits per heavy atom. The van der Waals surface area contributed by atoms with Crippen LogP contribution < -0.4 is 0 Å². The zero-order valence-electron chi connectivity index (χ0n) is 11.0. The predicted octanol–water partition coefficient (Wildman–Crippen LogP) is 4.14. The summed E-state index contributed by atoms with van der Waals surface area (Å²) in [5, 5.41) is 0. The summed E-state index contributed by atoms with van der Waals surface area (Å²) in [5.41, 5.74) is 0.338. The van der Waals surface area contributed by atoms with Crippen LogP contribution in [-0.4, -0.2) is 17.9 Å². The minimum absolute atomic E-state index is 0.0391. The molecule has 0 spiro atoms. The topological polar surface area (TPSA) is 20.3 Å². The maximum atomic E-state index is 13.5. The van der Waals surface area contributed by atoms with Gasteiger partial charge in [0, 0.05) is 30.8 Å². The molecule has 0 atom stereocenters. The molecule has 2 rings (SSSR count). The summed E-state index contributed by atoms with van der Waals surface area (Å²) < 4.78 is 40.0. The summed E-state index contributed by atoms with van der Waals surface area (Å²) >= 11 is 3.00. The molecule has 0 fully saturated rings. The van der Waals surface area contributed by atoms with Crippen molar-refractivity contribution >= 4 is 21.8 Å². The van der Waals surface area contributed by atoms with Crippen molar-refractivity contribution in [3.05, 3.63) is 69.4 Å². The lowest BCUT2D eigenvalue weighted by atomic mass is 10.1. The molecule has 0 aliphatic heterocycles. The number of hydrogen-bond acceptors (Lipinski definition) is 1. The van der Waals surface area contributed by atoms with Gasteiger partial charge in [-0.25, -0.2) is 13.2 Å². The molecule has 0 aliphatic carbocycles. The number of nitrogens with zero attached hydrogens (tertiary/aromatic N) is 1. The van der Waals surface area contributed by atoms with Gasteiger partial charge >= 0.3 is 0 Å². The van der Waals surface area contributed by atoms with E-state index in [0.717, 1.165) is 18.2 Å². The van der Waals surface area contributed by atoms with E-state index in [2.05, 4.69) is 15.9 Å². The molecule has 1 amide bonds. The van der Waals surface area contributed by atoms with E-state index in [-0.39, 0.29) is 22.1 Å². The molecule has 0 saturated heterocycles. The zero-order valence-corrected chi connectivity index (χ0v) is 12.6. The van der Waals surface area contributed by atoms with Crippen molar-refractivity contribution in [3.8, 4) is 0 Å². The maximum absolute atomic E-state index is 13.5. The van der Waals surface area contributed by atoms with Crippen LogP contribution in [0.15, 0.2) is 40.9 Å². The Balaban J connectivity index is 2.17. The van der Waals surface area contributed by atoms with E-state index in [1.807, 2.05) is 0 Å². The minimum Gasteiger partial charge on any atom is -0.337 e. The summed E-state index contributed by atoms with van der Waals surface area (Å²) in [7, 11) is 1.46. The molecular weight excluding hydrogens is 347 g/mol. The van der Waals surface area contributed by atoms with Crippen molar-refractivity contribution in [2.45, 2.75) is 6.54 Å². The Hall–Kier alpha value is -1.82. The van der Waals surface area contributed by atoms with Crippen LogP contribution in [0.2, 0.25) is 0 Å². The van der Waals surface area contributed by atoms with Crippen LogP contribution in [0.3, 0.4) is 0 Å². The van der Waals surface area contributed by atoms with Gasteiger partial charge in [0.05, 0.1) is 4.47 Å². The normalized spacial score (nSPS) is 10.5. The van der Waals surface area contributed by atoms with Gasteiger partial charge in [0.2, 0.25) is 0 Å². The van der Waals surface area contributed by atoms with Gasteiger partial charge in [0.15, 0.2) is 0 Å². The highest BCUT2D eigenvalue weighted by atomic mass is 79.9. The Morgan fingerprint density at radius 2 is 1.81 bits per heavy atom. The molecule has 0 bridgehead atoms. The third kappa shape index (κ3) is 3.64. The molecular formula is C15H11BrF3NO. The standard InChI is InChI=1S/C15H11BrF3NO/c1-20(8-10-2-4-11(17)7-13(10)18)15(21)9-3-5-12(16)14(19)6-9/h2-7H,8H2,1H3. The summed E-state index contributed by atoms with van der Waals surface area (Å²) in [6, 6.07) is 7.14. The van der Waals surface area contributed by atoms with E-state index in [9.17, 15) is 18.0 Å². The van der Waals surface area contributed by atoms with Gasteiger partial charge in [0.1, 0.15) is 17.5 Å². The van der Waals surface area contributed by atoms with Crippen LogP contribution in [-0.2, 0) is 6.54 Å². The smallest absolute Gasteiger partial charge is 0.254 e. The molecule has 0 aliphatic rings. The van der Waals surface area contributed by atoms with Gasteiger partial charge in [-0.3, -0.25) is 4.79 Å². The third-order valence-corrected chi connectivity index (χ3v) is 3.58. The van der Waals surface area contributed by atoms with Crippen molar-refractivity contribution in [2.75, 3.05) is 7.05 Å². The van der Waals surface area contributed by atoms with E-state index >= 15 is 0 Å². The number of amides is 1. The first-order valence-electron chi connectivity index (χ1n) is 6.03. The van der Waals surface area contributed by atoms with E-state index < -0.39 is 23.4 Å². The zero-order chi connectivity index (χ0) is 15.6. The molecule has 0 saturated carbocycles. The first-order chi connectivity index (χ1) is 9.88. The fourth-order valence-electron chi connectivity index (χ4n) is 1.83. The van der Waals surface area contributed by atoms with Gasteiger partial charge in [-0.2, -0.15) is 0 Å². The molecule has 2 nitrogen and oxygen atoms in total. The molecule has 110 valence electrons. The number of rotatable bonds is 3. The second-order valence-electron chi connectivity index (χ2n) is 4.53. The SMILES string of the molecule is CN(Cc1ccc(F)cc1F)C(=O)c1ccc(Br)c(F)c1. The Kier molecular flexibility index (Phi) is 4.67. The van der Waals surface area contributed by atoms with E-state index in [4.69, 9.17) is 0 Å². The first kappa shape index (κ1) is 15.6. The highest BCUT2D eigenvalue weighted by Crippen LogP contribution is 2.18. The number of carbonyl (C=O) groups excluding carboxylic acids is 1. The van der Waals surface area contributed by atoms with Crippen LogP contribution in [0.4, 0.5) is 13.2 Å². The summed E-state index contributed by atoms with van der Waals surface area (Å²) in [5.74, 6) is -2.41. The summed E-state index contributed by atoms with van der Waals surface area (Å²) in [6.07, 6.45) is 0. The third-order valence-electron chi connectivity index (χ3n) is 2.94. The lowest BCUT2D eigenvalue weighted by Gasteiger charge is -2.18. The van der Waals surface area contributed by atoms with Gasteiger partial charge in [-0.05, 0) is 40.2 Å². The minimum atomic E-state index is -0.725. The monoisotopic (exact) mass is 357 g/mol. The number of benzene rings is 2. The average Bonchev–Trinajstić information content (AvgIpc) is 2.44. The van der Waals surface area contributed by atoms with Crippen LogP contribution in [0, 0.1) is 17.5 Å². The second kappa shape index (κ2) is 6.30. The van der Waals surface area contributed by atoms with E-state index in [1.54, 1.807) is 0 Å². The second-order valence-corrected chi connectivity index (χ2v) is 5.38. The first-order valence-corrected chi connectivity index (χ1v) is 6.82. The molecule has 21 heavy (non-hydrogen) atoms. The predicted molar refractivity (Wildman–Crippen MR) is 76.3 cm³/mol. The van der Waals surface area contributed by atoms with Gasteiger partial charge in [-0.15, -0.1) is 0 Å². The lowest BCUT2D eigenvalue weighted by Crippen LogP contribution is -2.26. The maximum Gasteiger partial charge on any atom is 0.254 e. The molecule has 0 heterocycles. The van der Waals surface area contributed by atoms with Gasteiger partial charge in [0.25, 0.3) is 5.91 Å². The molecule has 0 N–H and O–H groups in total. The number of carbonyl (C=O) groups is 1. The Bertz CT molecular complexity index is 691. The molecule has 2 aromatic rings. The van der Waals surface area contributed by atoms with Crippen molar-refractivity contribution < 1.29 is 18.0 Å². The van der Waals surface area contributed by atoms with Crippen LogP contribution >= 0.6 is 15.9 Å². The average molecular weight is 358 g/mol. The van der Waals surface area contributed by atoms with Gasteiger partial charge < -0.3 is 4.90 Å². The highest BCUT2D eigenvalue weighted by molar-refractivity contribution is 9.10. The molecule has 0 unspecified atom stereocenters. The van der Waals surface area contributed by atoms with Crippen molar-refractivity contribution in [3.63, 3.8) is 0 Å². The van der Waals surface area contributed by atoms with Crippen molar-refractivity contribution in [1.82, 2.24) is 4.90 Å². The van der Waals surface area contributed by atoms with Crippen LogP contribution in [0.25, 0.3) is 0 Å². The van der Waals surface area contributed by atoms with Crippen LogP contribution in [0.5, 0.6) is 0 Å². The van der Waals surface area contributed by atoms with E-state index in [1.165, 1.54) is 30.1 Å². The number of hydrogen-bond donors (Lipinski definition) is 0. The van der Waals surface area contributed by atoms with Crippen molar-refractivity contribution in [2.24, 2.45) is 0 Å². The Labute approximate surface area is 128 Å². The molecule has 2 aromatic carbocycles.